The Hall–Kier alpha value is -2.30. The summed E-state index contributed by atoms with van der Waals surface area (Å²) in [6.45, 7) is 11.2. The van der Waals surface area contributed by atoms with Crippen molar-refractivity contribution in [2.45, 2.75) is 71.6 Å². The third-order valence-corrected chi connectivity index (χ3v) is 8.63. The van der Waals surface area contributed by atoms with Crippen molar-refractivity contribution in [2.24, 2.45) is 11.8 Å². The van der Waals surface area contributed by atoms with E-state index in [-0.39, 0.29) is 11.6 Å². The molecule has 37 heavy (non-hydrogen) atoms. The minimum Gasteiger partial charge on any atom is -0.303 e. The van der Waals surface area contributed by atoms with E-state index in [4.69, 9.17) is 0 Å². The minimum atomic E-state index is 0.252. The van der Waals surface area contributed by atoms with Gasteiger partial charge < -0.3 is 9.80 Å². The molecule has 0 radical (unpaired) electrons. The van der Waals surface area contributed by atoms with Gasteiger partial charge in [0, 0.05) is 37.1 Å². The molecule has 0 saturated carbocycles. The smallest absolute Gasteiger partial charge is 0.163 e. The summed E-state index contributed by atoms with van der Waals surface area (Å²) in [5, 5.41) is 0. The van der Waals surface area contributed by atoms with Crippen LogP contribution in [-0.2, 0) is 6.42 Å². The highest BCUT2D eigenvalue weighted by Crippen LogP contribution is 2.38. The van der Waals surface area contributed by atoms with E-state index >= 15 is 0 Å². The van der Waals surface area contributed by atoms with Gasteiger partial charge in [0.1, 0.15) is 0 Å². The number of hydrogen-bond donors (Lipinski definition) is 0. The van der Waals surface area contributed by atoms with Gasteiger partial charge in [0.25, 0.3) is 0 Å². The zero-order valence-electron chi connectivity index (χ0n) is 22.9. The van der Waals surface area contributed by atoms with Crippen LogP contribution in [0.25, 0.3) is 11.1 Å². The first-order valence-electron chi connectivity index (χ1n) is 14.7. The second-order valence-electron chi connectivity index (χ2n) is 12.1. The molecule has 0 amide bonds. The Balaban J connectivity index is 1.18. The molecule has 3 aliphatic rings. The highest BCUT2D eigenvalue weighted by atomic mass is 16.1. The first kappa shape index (κ1) is 26.3. The Morgan fingerprint density at radius 3 is 1.46 bits per heavy atom. The molecule has 2 fully saturated rings. The molecule has 2 saturated heterocycles. The fourth-order valence-electron chi connectivity index (χ4n) is 6.72. The molecule has 0 N–H and O–H groups in total. The van der Waals surface area contributed by atoms with Crippen molar-refractivity contribution < 1.29 is 9.59 Å². The summed E-state index contributed by atoms with van der Waals surface area (Å²) < 4.78 is 0. The van der Waals surface area contributed by atoms with Crippen LogP contribution in [0.4, 0.5) is 0 Å². The number of ketones is 2. The highest BCUT2D eigenvalue weighted by Gasteiger charge is 2.23. The van der Waals surface area contributed by atoms with Crippen LogP contribution in [0.15, 0.2) is 36.4 Å². The van der Waals surface area contributed by atoms with Gasteiger partial charge >= 0.3 is 0 Å². The van der Waals surface area contributed by atoms with Crippen LogP contribution < -0.4 is 0 Å². The quantitative estimate of drug-likeness (QED) is 0.292. The normalized spacial score (nSPS) is 19.7. The van der Waals surface area contributed by atoms with Gasteiger partial charge in [-0.25, -0.2) is 0 Å². The summed E-state index contributed by atoms with van der Waals surface area (Å²) in [6.07, 6.45) is 9.86. The Morgan fingerprint density at radius 1 is 0.649 bits per heavy atom. The fraction of sp³-hybridized carbons (Fsp3) is 0.576. The Labute approximate surface area is 223 Å². The maximum atomic E-state index is 13.1. The lowest BCUT2D eigenvalue weighted by atomic mass is 9.95. The van der Waals surface area contributed by atoms with Gasteiger partial charge in [-0.3, -0.25) is 9.59 Å². The fourth-order valence-corrected chi connectivity index (χ4v) is 6.72. The number of carbonyl (C=O) groups excluding carboxylic acids is 2. The van der Waals surface area contributed by atoms with Gasteiger partial charge in [0.2, 0.25) is 0 Å². The summed E-state index contributed by atoms with van der Waals surface area (Å²) in [5.41, 5.74) is 6.52. The van der Waals surface area contributed by atoms with Crippen LogP contribution in [-0.4, -0.2) is 60.6 Å². The van der Waals surface area contributed by atoms with Crippen LogP contribution in [0.5, 0.6) is 0 Å². The molecule has 5 rings (SSSR count). The van der Waals surface area contributed by atoms with Crippen molar-refractivity contribution >= 4 is 11.6 Å². The second kappa shape index (κ2) is 12.0. The first-order valence-corrected chi connectivity index (χ1v) is 14.7. The van der Waals surface area contributed by atoms with Crippen molar-refractivity contribution in [2.75, 3.05) is 39.3 Å². The molecular formula is C33H44N2O2. The zero-order chi connectivity index (χ0) is 25.8. The molecule has 4 heteroatoms. The number of fused-ring (bicyclic) bond motifs is 3. The molecule has 2 heterocycles. The van der Waals surface area contributed by atoms with Crippen molar-refractivity contribution in [1.29, 1.82) is 0 Å². The van der Waals surface area contributed by atoms with Crippen molar-refractivity contribution in [1.82, 2.24) is 9.80 Å². The number of nitrogens with zero attached hydrogens (tertiary/aromatic N) is 2. The molecule has 0 spiro atoms. The summed E-state index contributed by atoms with van der Waals surface area (Å²) in [4.78, 5) is 31.2. The predicted molar refractivity (Wildman–Crippen MR) is 151 cm³/mol. The van der Waals surface area contributed by atoms with Crippen LogP contribution in [0.2, 0.25) is 0 Å². The highest BCUT2D eigenvalue weighted by molar-refractivity contribution is 5.99. The topological polar surface area (TPSA) is 40.6 Å². The second-order valence-corrected chi connectivity index (χ2v) is 12.1. The number of Topliss-reactive ketones (excluding diaryl/α,β-unsaturated/α-hetero) is 2. The molecule has 2 aromatic rings. The third kappa shape index (κ3) is 6.59. The number of hydrogen-bond acceptors (Lipinski definition) is 4. The summed E-state index contributed by atoms with van der Waals surface area (Å²) in [7, 11) is 0. The molecule has 198 valence electrons. The molecule has 0 bridgehead atoms. The average Bonchev–Trinajstić information content (AvgIpc) is 3.26. The van der Waals surface area contributed by atoms with Gasteiger partial charge in [-0.15, -0.1) is 0 Å². The number of rotatable bonds is 10. The van der Waals surface area contributed by atoms with E-state index in [0.29, 0.717) is 24.7 Å². The number of likely N-dealkylation sites (tertiary alicyclic amines) is 2. The SMILES string of the molecule is CC(CC(=O)c1ccc2c(c1)Cc1cc(C(=O)CC(C)CN3CCCCC3)ccc1-2)CN1CCCCC1. The van der Waals surface area contributed by atoms with Gasteiger partial charge in [-0.1, -0.05) is 51.0 Å². The van der Waals surface area contributed by atoms with Crippen LogP contribution >= 0.6 is 0 Å². The van der Waals surface area contributed by atoms with Crippen molar-refractivity contribution in [3.8, 4) is 11.1 Å². The molecule has 4 nitrogen and oxygen atoms in total. The number of piperidine rings is 2. The lowest BCUT2D eigenvalue weighted by Crippen LogP contribution is -2.34. The largest absolute Gasteiger partial charge is 0.303 e. The van der Waals surface area contributed by atoms with Crippen LogP contribution in [0, 0.1) is 11.8 Å². The van der Waals surface area contributed by atoms with Gasteiger partial charge in [-0.05, 0) is 105 Å². The molecule has 2 atom stereocenters. The molecule has 0 aromatic heterocycles. The molecule has 2 aromatic carbocycles. The Kier molecular flexibility index (Phi) is 8.56. The maximum absolute atomic E-state index is 13.1. The van der Waals surface area contributed by atoms with Gasteiger partial charge in [0.05, 0.1) is 0 Å². The van der Waals surface area contributed by atoms with Crippen molar-refractivity contribution in [3.63, 3.8) is 0 Å². The lowest BCUT2D eigenvalue weighted by molar-refractivity contribution is 0.0939. The molecule has 2 unspecified atom stereocenters. The first-order chi connectivity index (χ1) is 18.0. The Bertz CT molecular complexity index is 1020. The number of carbonyl (C=O) groups is 2. The van der Waals surface area contributed by atoms with E-state index < -0.39 is 0 Å². The molecule has 2 aliphatic heterocycles. The van der Waals surface area contributed by atoms with E-state index in [2.05, 4.69) is 47.9 Å². The summed E-state index contributed by atoms with van der Waals surface area (Å²) >= 11 is 0. The van der Waals surface area contributed by atoms with E-state index in [0.717, 1.165) is 30.6 Å². The predicted octanol–water partition coefficient (Wildman–Crippen LogP) is 6.65. The standard InChI is InChI=1S/C33H44N2O2/c1-24(22-34-13-5-3-6-14-34)17-32(36)26-9-11-30-28(19-26)21-29-20-27(10-12-31(29)30)33(37)18-25(2)23-35-15-7-4-8-16-35/h9-12,19-20,24-25H,3-8,13-18,21-23H2,1-2H3. The Morgan fingerprint density at radius 2 is 1.05 bits per heavy atom. The van der Waals surface area contributed by atoms with Crippen LogP contribution in [0.1, 0.15) is 97.1 Å². The van der Waals surface area contributed by atoms with E-state index in [9.17, 15) is 9.59 Å². The zero-order valence-corrected chi connectivity index (χ0v) is 22.9. The summed E-state index contributed by atoms with van der Waals surface area (Å²) in [6, 6.07) is 12.5. The van der Waals surface area contributed by atoms with Crippen LogP contribution in [0.3, 0.4) is 0 Å². The van der Waals surface area contributed by atoms with Gasteiger partial charge in [0.15, 0.2) is 11.6 Å². The monoisotopic (exact) mass is 500 g/mol. The molecule has 1 aliphatic carbocycles. The molecular weight excluding hydrogens is 456 g/mol. The van der Waals surface area contributed by atoms with Gasteiger partial charge in [-0.2, -0.15) is 0 Å². The third-order valence-electron chi connectivity index (χ3n) is 8.63. The average molecular weight is 501 g/mol. The maximum Gasteiger partial charge on any atom is 0.163 e. The van der Waals surface area contributed by atoms with Crippen molar-refractivity contribution in [3.05, 3.63) is 58.7 Å². The minimum absolute atomic E-state index is 0.252. The van der Waals surface area contributed by atoms with E-state index in [1.807, 2.05) is 12.1 Å². The van der Waals surface area contributed by atoms with E-state index in [1.165, 1.54) is 87.0 Å². The lowest BCUT2D eigenvalue weighted by Gasteiger charge is -2.28. The number of benzene rings is 2. The van der Waals surface area contributed by atoms with E-state index in [1.54, 1.807) is 0 Å². The summed E-state index contributed by atoms with van der Waals surface area (Å²) in [5.74, 6) is 1.26.